The Labute approximate surface area is 199 Å². The van der Waals surface area contributed by atoms with Crippen molar-refractivity contribution in [2.75, 3.05) is 11.6 Å². The lowest BCUT2D eigenvalue weighted by Crippen LogP contribution is -2.50. The first-order valence-electron chi connectivity index (χ1n) is 11.4. The number of carbonyl (C=O) groups is 1. The van der Waals surface area contributed by atoms with Crippen molar-refractivity contribution >= 4 is 32.9 Å². The van der Waals surface area contributed by atoms with Gasteiger partial charge in [-0.25, -0.2) is 9.52 Å². The van der Waals surface area contributed by atoms with Crippen LogP contribution in [0.2, 0.25) is 5.02 Å². The van der Waals surface area contributed by atoms with E-state index in [0.717, 1.165) is 36.6 Å². The summed E-state index contributed by atoms with van der Waals surface area (Å²) in [5.74, 6) is 0.952. The van der Waals surface area contributed by atoms with E-state index < -0.39 is 21.7 Å². The maximum absolute atomic E-state index is 13.6. The summed E-state index contributed by atoms with van der Waals surface area (Å²) in [6, 6.07) is 4.25. The third kappa shape index (κ3) is 4.34. The van der Waals surface area contributed by atoms with Gasteiger partial charge in [0.15, 0.2) is 0 Å². The van der Waals surface area contributed by atoms with Crippen molar-refractivity contribution in [1.29, 1.82) is 0 Å². The smallest absolute Gasteiger partial charge is 0.337 e. The molecule has 3 unspecified atom stereocenters. The number of benzene rings is 1. The highest BCUT2D eigenvalue weighted by Crippen LogP contribution is 2.53. The molecule has 1 saturated carbocycles. The van der Waals surface area contributed by atoms with Crippen LogP contribution >= 0.6 is 11.6 Å². The molecule has 0 spiro atoms. The number of rotatable bonds is 5. The molecule has 2 aromatic rings. The number of hydrogen-bond donors (Lipinski definition) is 4. The van der Waals surface area contributed by atoms with E-state index in [1.54, 1.807) is 6.07 Å². The zero-order valence-electron chi connectivity index (χ0n) is 19.6. The third-order valence-electron chi connectivity index (χ3n) is 6.85. The number of aliphatic hydroxyl groups is 1. The van der Waals surface area contributed by atoms with Crippen molar-refractivity contribution in [1.82, 2.24) is 4.72 Å². The van der Waals surface area contributed by atoms with Gasteiger partial charge in [0.05, 0.1) is 11.8 Å². The van der Waals surface area contributed by atoms with Gasteiger partial charge in [-0.05, 0) is 54.2 Å². The number of halogens is 1. The lowest BCUT2D eigenvalue weighted by molar-refractivity contribution is 0.101. The molecule has 2 bridgehead atoms. The van der Waals surface area contributed by atoms with Gasteiger partial charge in [0, 0.05) is 28.8 Å². The molecule has 1 aromatic carbocycles. The summed E-state index contributed by atoms with van der Waals surface area (Å²) < 4.78 is 32.8. The fraction of sp³-hybridized carbons (Fsp3) is 0.542. The largest absolute Gasteiger partial charge is 0.444 e. The molecule has 0 aliphatic heterocycles. The first-order chi connectivity index (χ1) is 15.3. The maximum Gasteiger partial charge on any atom is 0.337 e. The standard InChI is InChI=1S/C24H33ClN2O5S/c1-12(2)16-8-9-18(25)20(13(3)4)21(16)26-24(29)27-33(5,30,31)19-11-17-22(28)14-6-7-15(10-14)23(17)32-19/h8-9,11-15,22,28H,6-7,10H2,1-5H3,(H3,26,27,29,30,31). The second-order valence-corrected chi connectivity index (χ2v) is 13.8. The summed E-state index contributed by atoms with van der Waals surface area (Å²) >= 11 is 6.43. The summed E-state index contributed by atoms with van der Waals surface area (Å²) in [6.45, 7) is 7.94. The summed E-state index contributed by atoms with van der Waals surface area (Å²) in [6.07, 6.45) is 2.92. The number of fused-ring (bicyclic) bond motifs is 4. The molecule has 1 heterocycles. The van der Waals surface area contributed by atoms with Gasteiger partial charge < -0.3 is 14.8 Å². The molecule has 0 radical (unpaired) electrons. The summed E-state index contributed by atoms with van der Waals surface area (Å²) in [4.78, 5) is 13.0. The zero-order chi connectivity index (χ0) is 24.3. The zero-order valence-corrected chi connectivity index (χ0v) is 21.2. The van der Waals surface area contributed by atoms with Gasteiger partial charge in [0.2, 0.25) is 5.09 Å². The number of carbonyl (C=O) groups excluding carboxylic acids is 1. The Morgan fingerprint density at radius 3 is 2.55 bits per heavy atom. The van der Waals surface area contributed by atoms with Gasteiger partial charge in [-0.3, -0.25) is 4.55 Å². The van der Waals surface area contributed by atoms with Crippen LogP contribution in [0.15, 0.2) is 27.7 Å². The minimum absolute atomic E-state index is 0.0245. The molecule has 1 fully saturated rings. The highest BCUT2D eigenvalue weighted by molar-refractivity contribution is 8.13. The second kappa shape index (κ2) is 8.12. The number of nitrogens with one attached hydrogen (secondary N) is 2. The fourth-order valence-corrected chi connectivity index (χ4v) is 6.84. The predicted molar refractivity (Wildman–Crippen MR) is 130 cm³/mol. The second-order valence-electron chi connectivity index (χ2n) is 10.2. The van der Waals surface area contributed by atoms with Crippen LogP contribution in [0.4, 0.5) is 10.5 Å². The normalized spacial score (nSPS) is 23.3. The molecule has 3 atom stereocenters. The summed E-state index contributed by atoms with van der Waals surface area (Å²) in [7, 11) is -4.89. The first kappa shape index (κ1) is 24.3. The molecule has 4 rings (SSSR count). The Balaban J connectivity index is 1.65. The number of furan rings is 1. The topological polar surface area (TPSA) is 112 Å². The van der Waals surface area contributed by atoms with E-state index >= 15 is 0 Å². The van der Waals surface area contributed by atoms with E-state index in [4.69, 9.17) is 16.0 Å². The lowest BCUT2D eigenvalue weighted by atomic mass is 9.86. The van der Waals surface area contributed by atoms with Gasteiger partial charge in [-0.15, -0.1) is 0 Å². The molecule has 0 saturated heterocycles. The average Bonchev–Trinajstić information content (AvgIpc) is 3.32. The Morgan fingerprint density at radius 2 is 1.91 bits per heavy atom. The van der Waals surface area contributed by atoms with Gasteiger partial charge in [-0.1, -0.05) is 54.9 Å². The quantitative estimate of drug-likeness (QED) is 0.398. The monoisotopic (exact) mass is 496 g/mol. The molecular formula is C24H33ClN2O5S. The highest BCUT2D eigenvalue weighted by atomic mass is 35.5. The van der Waals surface area contributed by atoms with Crippen LogP contribution in [0, 0.1) is 5.92 Å². The molecule has 182 valence electrons. The molecule has 1 aromatic heterocycles. The van der Waals surface area contributed by atoms with E-state index in [2.05, 4.69) is 10.0 Å². The lowest BCUT2D eigenvalue weighted by Gasteiger charge is -2.37. The van der Waals surface area contributed by atoms with E-state index in [-0.39, 0.29) is 28.8 Å². The van der Waals surface area contributed by atoms with Gasteiger partial charge in [-0.2, -0.15) is 4.21 Å². The predicted octanol–water partition coefficient (Wildman–Crippen LogP) is 6.13. The summed E-state index contributed by atoms with van der Waals surface area (Å²) in [5.41, 5.74) is 2.74. The van der Waals surface area contributed by atoms with Crippen molar-refractivity contribution in [3.8, 4) is 0 Å². The van der Waals surface area contributed by atoms with Gasteiger partial charge in [0.25, 0.3) is 0 Å². The maximum atomic E-state index is 13.6. The number of anilines is 1. The van der Waals surface area contributed by atoms with Crippen LogP contribution in [-0.2, 0) is 9.53 Å². The number of hydrogen-bond acceptors (Lipinski definition) is 4. The van der Waals surface area contributed by atoms with Crippen molar-refractivity contribution in [3.05, 3.63) is 45.7 Å². The van der Waals surface area contributed by atoms with Crippen LogP contribution in [0.1, 0.15) is 93.3 Å². The van der Waals surface area contributed by atoms with Crippen molar-refractivity contribution in [2.45, 2.75) is 75.9 Å². The fourth-order valence-electron chi connectivity index (χ4n) is 5.18. The van der Waals surface area contributed by atoms with E-state index in [1.807, 2.05) is 33.8 Å². The Kier molecular flexibility index (Phi) is 5.97. The van der Waals surface area contributed by atoms with Crippen LogP contribution in [0.3, 0.4) is 0 Å². The number of urea groups is 1. The van der Waals surface area contributed by atoms with Gasteiger partial charge >= 0.3 is 6.03 Å². The summed E-state index contributed by atoms with van der Waals surface area (Å²) in [5, 5.41) is 13.7. The molecule has 2 amide bonds. The van der Waals surface area contributed by atoms with Crippen molar-refractivity contribution < 1.29 is 23.1 Å². The minimum Gasteiger partial charge on any atom is -0.444 e. The molecular weight excluding hydrogens is 464 g/mol. The number of amides is 2. The van der Waals surface area contributed by atoms with Crippen LogP contribution < -0.4 is 10.0 Å². The van der Waals surface area contributed by atoms with Crippen LogP contribution in [0.25, 0.3) is 0 Å². The average molecular weight is 497 g/mol. The molecule has 33 heavy (non-hydrogen) atoms. The SMILES string of the molecule is CC(C)c1ccc(Cl)c(C(C)C)c1NC(=O)NS(C)(=O)(O)c1cc2c(o1)C1CCC(C1)C2O. The van der Waals surface area contributed by atoms with E-state index in [1.165, 1.54) is 6.07 Å². The highest BCUT2D eigenvalue weighted by Gasteiger charge is 2.44. The molecule has 2 aliphatic carbocycles. The molecule has 9 heteroatoms. The van der Waals surface area contributed by atoms with E-state index in [0.29, 0.717) is 22.0 Å². The first-order valence-corrected chi connectivity index (χ1v) is 14.1. The minimum atomic E-state index is -4.89. The Bertz CT molecular complexity index is 1150. The van der Waals surface area contributed by atoms with Gasteiger partial charge in [0.1, 0.15) is 5.76 Å². The van der Waals surface area contributed by atoms with Crippen LogP contribution in [0.5, 0.6) is 0 Å². The molecule has 4 N–H and O–H groups in total. The Morgan fingerprint density at radius 1 is 1.21 bits per heavy atom. The molecule has 7 nitrogen and oxygen atoms in total. The third-order valence-corrected chi connectivity index (χ3v) is 8.99. The van der Waals surface area contributed by atoms with Crippen molar-refractivity contribution in [3.63, 3.8) is 0 Å². The Hall–Kier alpha value is -1.87. The van der Waals surface area contributed by atoms with E-state index in [9.17, 15) is 18.7 Å². The van der Waals surface area contributed by atoms with Crippen molar-refractivity contribution in [2.24, 2.45) is 5.92 Å². The molecule has 2 aliphatic rings. The van der Waals surface area contributed by atoms with Crippen LogP contribution in [-0.4, -0.2) is 26.2 Å². The number of aliphatic hydroxyl groups excluding tert-OH is 1.